The van der Waals surface area contributed by atoms with Crippen LogP contribution in [0.4, 0.5) is 0 Å². The number of nitrogens with two attached hydrogens (primary N) is 2. The van der Waals surface area contributed by atoms with Crippen molar-refractivity contribution in [2.45, 2.75) is 25.9 Å². The number of hydrogen-bond acceptors (Lipinski definition) is 8. The van der Waals surface area contributed by atoms with Crippen LogP contribution in [0, 0.1) is 0 Å². The topological polar surface area (TPSA) is 139 Å². The summed E-state index contributed by atoms with van der Waals surface area (Å²) in [5, 5.41) is 0. The lowest BCUT2D eigenvalue weighted by Gasteiger charge is -2.10. The maximum absolute atomic E-state index is 11.9. The lowest BCUT2D eigenvalue weighted by molar-refractivity contribution is -0.140. The largest absolute Gasteiger partial charge is 0.388 e. The highest BCUT2D eigenvalue weighted by molar-refractivity contribution is 6.08. The number of benzene rings is 1. The molecular formula is C14H16N2O6. The van der Waals surface area contributed by atoms with Gasteiger partial charge in [-0.2, -0.15) is 0 Å². The Hall–Kier alpha value is -2.58. The highest BCUT2D eigenvalue weighted by Crippen LogP contribution is 2.12. The Morgan fingerprint density at radius 1 is 0.818 bits per heavy atom. The molecule has 0 radical (unpaired) electrons. The molecule has 1 aromatic carbocycles. The smallest absolute Gasteiger partial charge is 0.346 e. The highest BCUT2D eigenvalue weighted by atomic mass is 16.6. The number of esters is 4. The monoisotopic (exact) mass is 308 g/mol. The molecule has 2 atom stereocenters. The van der Waals surface area contributed by atoms with E-state index in [1.165, 1.54) is 38.1 Å². The summed E-state index contributed by atoms with van der Waals surface area (Å²) < 4.78 is 9.04. The van der Waals surface area contributed by atoms with Crippen LogP contribution in [-0.4, -0.2) is 36.0 Å². The molecule has 0 amide bonds. The van der Waals surface area contributed by atoms with Gasteiger partial charge in [-0.3, -0.25) is 0 Å². The second-order valence-corrected chi connectivity index (χ2v) is 4.54. The van der Waals surface area contributed by atoms with Gasteiger partial charge in [0, 0.05) is 0 Å². The minimum atomic E-state index is -1.07. The van der Waals surface area contributed by atoms with Crippen molar-refractivity contribution in [3.8, 4) is 0 Å². The Morgan fingerprint density at radius 3 is 1.41 bits per heavy atom. The van der Waals surface area contributed by atoms with Crippen molar-refractivity contribution in [1.82, 2.24) is 0 Å². The van der Waals surface area contributed by atoms with Crippen molar-refractivity contribution < 1.29 is 28.7 Å². The second-order valence-electron chi connectivity index (χ2n) is 4.54. The molecule has 1 rings (SSSR count). The van der Waals surface area contributed by atoms with Crippen LogP contribution in [-0.2, 0) is 19.1 Å². The van der Waals surface area contributed by atoms with Crippen molar-refractivity contribution in [1.29, 1.82) is 0 Å². The predicted molar refractivity (Wildman–Crippen MR) is 74.6 cm³/mol. The zero-order chi connectivity index (χ0) is 16.9. The second kappa shape index (κ2) is 7.43. The zero-order valence-corrected chi connectivity index (χ0v) is 12.1. The summed E-state index contributed by atoms with van der Waals surface area (Å²) in [6, 6.07) is 3.42. The van der Waals surface area contributed by atoms with E-state index in [-0.39, 0.29) is 11.1 Å². The summed E-state index contributed by atoms with van der Waals surface area (Å²) in [5.41, 5.74) is 10.1. The van der Waals surface area contributed by atoms with Crippen LogP contribution >= 0.6 is 0 Å². The Bertz CT molecular complexity index is 556. The molecule has 0 saturated carbocycles. The maximum atomic E-state index is 11.9. The Kier molecular flexibility index (Phi) is 5.90. The first-order chi connectivity index (χ1) is 10.2. The van der Waals surface area contributed by atoms with Gasteiger partial charge >= 0.3 is 23.9 Å². The SMILES string of the molecule is CC(N)C(=O)OC(=O)c1ccccc1C(=O)OC(=O)C(C)N. The summed E-state index contributed by atoms with van der Waals surface area (Å²) >= 11 is 0. The molecule has 1 aromatic rings. The molecule has 0 aliphatic carbocycles. The molecule has 2 unspecified atom stereocenters. The van der Waals surface area contributed by atoms with E-state index in [2.05, 4.69) is 9.47 Å². The number of hydrogen-bond donors (Lipinski definition) is 2. The van der Waals surface area contributed by atoms with Gasteiger partial charge in [-0.15, -0.1) is 0 Å². The molecule has 118 valence electrons. The van der Waals surface area contributed by atoms with Gasteiger partial charge in [0.15, 0.2) is 0 Å². The molecule has 0 aliphatic rings. The Morgan fingerprint density at radius 2 is 1.14 bits per heavy atom. The molecule has 0 fully saturated rings. The van der Waals surface area contributed by atoms with Crippen molar-refractivity contribution in [3.63, 3.8) is 0 Å². The van der Waals surface area contributed by atoms with Gasteiger partial charge in [-0.1, -0.05) is 12.1 Å². The minimum absolute atomic E-state index is 0.223. The third-order valence-corrected chi connectivity index (χ3v) is 2.50. The van der Waals surface area contributed by atoms with Crippen LogP contribution in [0.15, 0.2) is 24.3 Å². The van der Waals surface area contributed by atoms with Crippen LogP contribution in [0.25, 0.3) is 0 Å². The van der Waals surface area contributed by atoms with Crippen molar-refractivity contribution in [3.05, 3.63) is 35.4 Å². The zero-order valence-electron chi connectivity index (χ0n) is 12.1. The third-order valence-electron chi connectivity index (χ3n) is 2.50. The maximum Gasteiger partial charge on any atom is 0.346 e. The van der Waals surface area contributed by atoms with Crippen LogP contribution in [0.1, 0.15) is 34.6 Å². The van der Waals surface area contributed by atoms with Crippen molar-refractivity contribution in [2.24, 2.45) is 11.5 Å². The van der Waals surface area contributed by atoms with Crippen molar-refractivity contribution >= 4 is 23.9 Å². The fraction of sp³-hybridized carbons (Fsp3) is 0.286. The normalized spacial score (nSPS) is 12.9. The van der Waals surface area contributed by atoms with Crippen LogP contribution in [0.5, 0.6) is 0 Å². The minimum Gasteiger partial charge on any atom is -0.388 e. The van der Waals surface area contributed by atoms with Gasteiger partial charge in [-0.25, -0.2) is 19.2 Å². The fourth-order valence-electron chi connectivity index (χ4n) is 1.32. The standard InChI is InChI=1S/C14H16N2O6/c1-7(15)11(17)21-13(19)9-5-3-4-6-10(9)14(20)22-12(18)8(2)16/h3-8H,15-16H2,1-2H3. The first-order valence-electron chi connectivity index (χ1n) is 6.36. The molecule has 0 saturated heterocycles. The first kappa shape index (κ1) is 17.5. The van der Waals surface area contributed by atoms with E-state index in [1.807, 2.05) is 0 Å². The van der Waals surface area contributed by atoms with Crippen LogP contribution in [0.3, 0.4) is 0 Å². The summed E-state index contributed by atoms with van der Waals surface area (Å²) in [7, 11) is 0. The van der Waals surface area contributed by atoms with E-state index in [0.717, 1.165) is 0 Å². The third kappa shape index (κ3) is 4.47. The molecule has 0 aliphatic heterocycles. The van der Waals surface area contributed by atoms with Gasteiger partial charge in [-0.05, 0) is 26.0 Å². The Labute approximate surface area is 126 Å². The van der Waals surface area contributed by atoms with Gasteiger partial charge in [0.1, 0.15) is 12.1 Å². The lowest BCUT2D eigenvalue weighted by Crippen LogP contribution is -2.32. The highest BCUT2D eigenvalue weighted by Gasteiger charge is 2.24. The van der Waals surface area contributed by atoms with Crippen LogP contribution in [0.2, 0.25) is 0 Å². The summed E-state index contributed by atoms with van der Waals surface area (Å²) in [6.45, 7) is 2.69. The molecule has 22 heavy (non-hydrogen) atoms. The first-order valence-corrected chi connectivity index (χ1v) is 6.36. The van der Waals surface area contributed by atoms with Crippen LogP contribution < -0.4 is 11.5 Å². The van der Waals surface area contributed by atoms with E-state index in [4.69, 9.17) is 11.5 Å². The quantitative estimate of drug-likeness (QED) is 0.573. The van der Waals surface area contributed by atoms with E-state index in [1.54, 1.807) is 0 Å². The molecular weight excluding hydrogens is 292 g/mol. The summed E-state index contributed by atoms with van der Waals surface area (Å²) in [4.78, 5) is 46.4. The number of rotatable bonds is 4. The fourth-order valence-corrected chi connectivity index (χ4v) is 1.32. The lowest BCUT2D eigenvalue weighted by atomic mass is 10.1. The predicted octanol–water partition coefficient (Wildman–Crippen LogP) is -0.252. The number of carbonyl (C=O) groups is 4. The molecule has 4 N–H and O–H groups in total. The summed E-state index contributed by atoms with van der Waals surface area (Å²) in [6.07, 6.45) is 0. The molecule has 0 heterocycles. The molecule has 0 bridgehead atoms. The molecule has 8 nitrogen and oxygen atoms in total. The van der Waals surface area contributed by atoms with Crippen molar-refractivity contribution in [2.75, 3.05) is 0 Å². The average Bonchev–Trinajstić information content (AvgIpc) is 2.46. The van der Waals surface area contributed by atoms with E-state index >= 15 is 0 Å². The molecule has 0 spiro atoms. The molecule has 0 aromatic heterocycles. The summed E-state index contributed by atoms with van der Waals surface area (Å²) in [5.74, 6) is -4.02. The number of carbonyl (C=O) groups excluding carboxylic acids is 4. The van der Waals surface area contributed by atoms with Gasteiger partial charge < -0.3 is 20.9 Å². The van der Waals surface area contributed by atoms with Gasteiger partial charge in [0.2, 0.25) is 0 Å². The van der Waals surface area contributed by atoms with Gasteiger partial charge in [0.05, 0.1) is 11.1 Å². The number of ether oxygens (including phenoxy) is 2. The van der Waals surface area contributed by atoms with E-state index in [9.17, 15) is 19.2 Å². The van der Waals surface area contributed by atoms with E-state index < -0.39 is 36.0 Å². The van der Waals surface area contributed by atoms with Gasteiger partial charge in [0.25, 0.3) is 0 Å². The molecule has 8 heteroatoms. The van der Waals surface area contributed by atoms with E-state index in [0.29, 0.717) is 0 Å². The average molecular weight is 308 g/mol. The Balaban J connectivity index is 2.99.